The molecule has 2 aromatic rings. The lowest BCUT2D eigenvalue weighted by Crippen LogP contribution is -2.31. The second-order valence-corrected chi connectivity index (χ2v) is 6.23. The zero-order valence-electron chi connectivity index (χ0n) is 12.7. The maximum absolute atomic E-state index is 6.18. The maximum Gasteiger partial charge on any atom is 0.0217 e. The fraction of sp³-hybridized carbons (Fsp3) is 0.368. The summed E-state index contributed by atoms with van der Waals surface area (Å²) in [5.41, 5.74) is 8.95. The van der Waals surface area contributed by atoms with Crippen LogP contribution in [0.25, 0.3) is 0 Å². The number of hydrogen-bond donors (Lipinski definition) is 1. The van der Waals surface area contributed by atoms with Crippen LogP contribution < -0.4 is 5.73 Å². The molecule has 2 unspecified atom stereocenters. The van der Waals surface area contributed by atoms with E-state index in [1.54, 1.807) is 0 Å². The van der Waals surface area contributed by atoms with Gasteiger partial charge in [-0.15, -0.1) is 0 Å². The molecule has 1 fully saturated rings. The normalized spacial score (nSPS) is 22.8. The van der Waals surface area contributed by atoms with Gasteiger partial charge in [0.2, 0.25) is 0 Å². The molecule has 1 aliphatic rings. The molecule has 0 spiro atoms. The van der Waals surface area contributed by atoms with Gasteiger partial charge in [-0.3, -0.25) is 0 Å². The first-order valence-electron chi connectivity index (χ1n) is 7.82. The van der Waals surface area contributed by atoms with Crippen LogP contribution in [-0.2, 0) is 0 Å². The van der Waals surface area contributed by atoms with Gasteiger partial charge in [-0.05, 0) is 17.0 Å². The van der Waals surface area contributed by atoms with Crippen molar-refractivity contribution >= 4 is 0 Å². The largest absolute Gasteiger partial charge is 0.326 e. The summed E-state index contributed by atoms with van der Waals surface area (Å²) in [6, 6.07) is 21.9. The SMILES string of the molecule is CC1CN(CC(c2ccccc2)c2ccccc2)CC1N. The molecule has 2 N–H and O–H groups in total. The lowest BCUT2D eigenvalue weighted by molar-refractivity contribution is 0.315. The van der Waals surface area contributed by atoms with Crippen LogP contribution >= 0.6 is 0 Å². The number of rotatable bonds is 4. The molecule has 1 saturated heterocycles. The van der Waals surface area contributed by atoms with Crippen molar-refractivity contribution in [2.75, 3.05) is 19.6 Å². The van der Waals surface area contributed by atoms with Gasteiger partial charge < -0.3 is 10.6 Å². The van der Waals surface area contributed by atoms with Gasteiger partial charge in [-0.1, -0.05) is 67.6 Å². The average molecular weight is 280 g/mol. The Labute approximate surface area is 127 Å². The van der Waals surface area contributed by atoms with E-state index in [0.29, 0.717) is 17.9 Å². The van der Waals surface area contributed by atoms with Crippen molar-refractivity contribution in [3.05, 3.63) is 71.8 Å². The van der Waals surface area contributed by atoms with Crippen LogP contribution in [0.1, 0.15) is 24.0 Å². The summed E-state index contributed by atoms with van der Waals surface area (Å²) in [4.78, 5) is 2.51. The van der Waals surface area contributed by atoms with E-state index < -0.39 is 0 Å². The zero-order valence-corrected chi connectivity index (χ0v) is 12.7. The molecule has 0 bridgehead atoms. The first-order chi connectivity index (χ1) is 10.2. The second-order valence-electron chi connectivity index (χ2n) is 6.23. The molecule has 3 rings (SSSR count). The molecule has 0 aliphatic carbocycles. The van der Waals surface area contributed by atoms with E-state index in [1.807, 2.05) is 0 Å². The van der Waals surface area contributed by atoms with Gasteiger partial charge in [-0.2, -0.15) is 0 Å². The molecule has 2 atom stereocenters. The average Bonchev–Trinajstić information content (AvgIpc) is 2.85. The molecular weight excluding hydrogens is 256 g/mol. The van der Waals surface area contributed by atoms with Crippen LogP contribution in [0.3, 0.4) is 0 Å². The molecule has 0 saturated carbocycles. The van der Waals surface area contributed by atoms with E-state index in [0.717, 1.165) is 19.6 Å². The molecular formula is C19H24N2. The van der Waals surface area contributed by atoms with Gasteiger partial charge in [0.1, 0.15) is 0 Å². The minimum absolute atomic E-state index is 0.317. The molecule has 0 radical (unpaired) electrons. The summed E-state index contributed by atoms with van der Waals surface area (Å²) < 4.78 is 0. The number of nitrogens with zero attached hydrogens (tertiary/aromatic N) is 1. The van der Waals surface area contributed by atoms with E-state index in [2.05, 4.69) is 72.5 Å². The van der Waals surface area contributed by atoms with E-state index in [4.69, 9.17) is 5.73 Å². The van der Waals surface area contributed by atoms with E-state index in [-0.39, 0.29) is 0 Å². The third-order valence-electron chi connectivity index (χ3n) is 4.59. The van der Waals surface area contributed by atoms with Gasteiger partial charge >= 0.3 is 0 Å². The van der Waals surface area contributed by atoms with Crippen molar-refractivity contribution in [3.63, 3.8) is 0 Å². The topological polar surface area (TPSA) is 29.3 Å². The number of hydrogen-bond acceptors (Lipinski definition) is 2. The minimum Gasteiger partial charge on any atom is -0.326 e. The summed E-state index contributed by atoms with van der Waals surface area (Å²) in [6.45, 7) is 5.42. The van der Waals surface area contributed by atoms with E-state index >= 15 is 0 Å². The summed E-state index contributed by atoms with van der Waals surface area (Å²) in [5, 5.41) is 0. The Morgan fingerprint density at radius 2 is 1.48 bits per heavy atom. The van der Waals surface area contributed by atoms with E-state index in [1.165, 1.54) is 11.1 Å². The molecule has 2 nitrogen and oxygen atoms in total. The first-order valence-corrected chi connectivity index (χ1v) is 7.82. The predicted molar refractivity (Wildman–Crippen MR) is 88.3 cm³/mol. The van der Waals surface area contributed by atoms with Crippen LogP contribution in [-0.4, -0.2) is 30.6 Å². The highest BCUT2D eigenvalue weighted by atomic mass is 15.2. The van der Waals surface area contributed by atoms with Gasteiger partial charge in [0.05, 0.1) is 0 Å². The Balaban J connectivity index is 1.84. The van der Waals surface area contributed by atoms with Crippen molar-refractivity contribution in [3.8, 4) is 0 Å². The lowest BCUT2D eigenvalue weighted by Gasteiger charge is -2.24. The number of benzene rings is 2. The molecule has 21 heavy (non-hydrogen) atoms. The predicted octanol–water partition coefficient (Wildman–Crippen LogP) is 3.10. The summed E-state index contributed by atoms with van der Waals surface area (Å²) >= 11 is 0. The van der Waals surface area contributed by atoms with Crippen LogP contribution in [0.2, 0.25) is 0 Å². The molecule has 1 aliphatic heterocycles. The fourth-order valence-corrected chi connectivity index (χ4v) is 3.28. The van der Waals surface area contributed by atoms with Crippen molar-refractivity contribution in [1.82, 2.24) is 4.90 Å². The first kappa shape index (κ1) is 14.3. The van der Waals surface area contributed by atoms with Crippen molar-refractivity contribution in [2.45, 2.75) is 18.9 Å². The highest BCUT2D eigenvalue weighted by Gasteiger charge is 2.28. The Morgan fingerprint density at radius 1 is 0.952 bits per heavy atom. The monoisotopic (exact) mass is 280 g/mol. The van der Waals surface area contributed by atoms with Gasteiger partial charge in [-0.25, -0.2) is 0 Å². The Morgan fingerprint density at radius 3 is 1.90 bits per heavy atom. The summed E-state index contributed by atoms with van der Waals surface area (Å²) in [7, 11) is 0. The van der Waals surface area contributed by atoms with Crippen LogP contribution in [0.15, 0.2) is 60.7 Å². The Kier molecular flexibility index (Phi) is 4.37. The molecule has 110 valence electrons. The summed E-state index contributed by atoms with van der Waals surface area (Å²) in [6.07, 6.45) is 0. The van der Waals surface area contributed by atoms with Gasteiger partial charge in [0, 0.05) is 31.6 Å². The quantitative estimate of drug-likeness (QED) is 0.932. The molecule has 2 heteroatoms. The second kappa shape index (κ2) is 6.42. The van der Waals surface area contributed by atoms with Gasteiger partial charge in [0.15, 0.2) is 0 Å². The van der Waals surface area contributed by atoms with Gasteiger partial charge in [0.25, 0.3) is 0 Å². The van der Waals surface area contributed by atoms with Crippen molar-refractivity contribution < 1.29 is 0 Å². The highest BCUT2D eigenvalue weighted by Crippen LogP contribution is 2.27. The molecule has 0 aromatic heterocycles. The van der Waals surface area contributed by atoms with Crippen LogP contribution in [0.5, 0.6) is 0 Å². The van der Waals surface area contributed by atoms with Crippen LogP contribution in [0, 0.1) is 5.92 Å². The Bertz CT molecular complexity index is 503. The number of nitrogens with two attached hydrogens (primary N) is 1. The van der Waals surface area contributed by atoms with E-state index in [9.17, 15) is 0 Å². The molecule has 2 aromatic carbocycles. The third-order valence-corrected chi connectivity index (χ3v) is 4.59. The third kappa shape index (κ3) is 3.34. The Hall–Kier alpha value is -1.64. The van der Waals surface area contributed by atoms with Crippen LogP contribution in [0.4, 0.5) is 0 Å². The summed E-state index contributed by atoms with van der Waals surface area (Å²) in [5.74, 6) is 1.02. The van der Waals surface area contributed by atoms with Crippen molar-refractivity contribution in [2.24, 2.45) is 11.7 Å². The zero-order chi connectivity index (χ0) is 14.7. The highest BCUT2D eigenvalue weighted by molar-refractivity contribution is 5.32. The minimum atomic E-state index is 0.317. The fourth-order valence-electron chi connectivity index (χ4n) is 3.28. The molecule has 1 heterocycles. The standard InChI is InChI=1S/C19H24N2/c1-15-12-21(14-19(15)20)13-18(16-8-4-2-5-9-16)17-10-6-3-7-11-17/h2-11,15,18-19H,12-14,20H2,1H3. The smallest absolute Gasteiger partial charge is 0.0217 e. The maximum atomic E-state index is 6.18. The van der Waals surface area contributed by atoms with Crippen molar-refractivity contribution in [1.29, 1.82) is 0 Å². The number of likely N-dealkylation sites (tertiary alicyclic amines) is 1. The molecule has 0 amide bonds. The lowest BCUT2D eigenvalue weighted by atomic mass is 9.91.